The Labute approximate surface area is 64.6 Å². The predicted octanol–water partition coefficient (Wildman–Crippen LogP) is -0.858. The maximum atomic E-state index is 5.52. The fraction of sp³-hybridized carbons (Fsp3) is 0.333. The van der Waals surface area contributed by atoms with Crippen molar-refractivity contribution in [2.24, 2.45) is 5.73 Å². The summed E-state index contributed by atoms with van der Waals surface area (Å²) in [6, 6.07) is 0. The second-order valence-corrected chi connectivity index (χ2v) is 2.18. The Kier molecular flexibility index (Phi) is 2.22. The van der Waals surface area contributed by atoms with Gasteiger partial charge in [-0.3, -0.25) is 0 Å². The van der Waals surface area contributed by atoms with Gasteiger partial charge in [0.15, 0.2) is 0 Å². The molecule has 0 aliphatic heterocycles. The first-order chi connectivity index (χ1) is 5.24. The average Bonchev–Trinajstić information content (AvgIpc) is 1.95. The summed E-state index contributed by atoms with van der Waals surface area (Å²) in [6.07, 6.45) is 2.29. The highest BCUT2D eigenvalue weighted by Gasteiger charge is 1.99. The Hall–Kier alpha value is -1.36. The molecule has 0 saturated carbocycles. The van der Waals surface area contributed by atoms with Crippen LogP contribution in [0.15, 0.2) is 6.20 Å². The van der Waals surface area contributed by atoms with Crippen LogP contribution < -0.4 is 17.2 Å². The molecule has 0 unspecified atom stereocenters. The highest BCUT2D eigenvalue weighted by atomic mass is 15.0. The molecular weight excluding hydrogens is 142 g/mol. The van der Waals surface area contributed by atoms with Gasteiger partial charge >= 0.3 is 0 Å². The number of nitrogens with two attached hydrogens (primary N) is 3. The van der Waals surface area contributed by atoms with Gasteiger partial charge in [0.2, 0.25) is 5.95 Å². The van der Waals surface area contributed by atoms with Crippen molar-refractivity contribution in [2.75, 3.05) is 18.0 Å². The van der Waals surface area contributed by atoms with E-state index < -0.39 is 0 Å². The first-order valence-corrected chi connectivity index (χ1v) is 3.31. The first-order valence-electron chi connectivity index (χ1n) is 3.31. The van der Waals surface area contributed by atoms with E-state index in [1.54, 1.807) is 6.20 Å². The van der Waals surface area contributed by atoms with E-state index in [9.17, 15) is 0 Å². The smallest absolute Gasteiger partial charge is 0.221 e. The van der Waals surface area contributed by atoms with Gasteiger partial charge in [-0.05, 0) is 13.0 Å². The summed E-state index contributed by atoms with van der Waals surface area (Å²) in [6.45, 7) is 0.539. The van der Waals surface area contributed by atoms with E-state index in [0.29, 0.717) is 18.8 Å². The zero-order chi connectivity index (χ0) is 8.27. The van der Waals surface area contributed by atoms with Crippen molar-refractivity contribution in [2.45, 2.75) is 6.42 Å². The van der Waals surface area contributed by atoms with Crippen LogP contribution in [0, 0.1) is 0 Å². The minimum atomic E-state index is 0.197. The van der Waals surface area contributed by atoms with Crippen LogP contribution in [-0.4, -0.2) is 16.5 Å². The van der Waals surface area contributed by atoms with Gasteiger partial charge in [0.05, 0.1) is 0 Å². The monoisotopic (exact) mass is 153 g/mol. The number of nitrogen functional groups attached to an aromatic ring is 2. The van der Waals surface area contributed by atoms with Crippen LogP contribution in [0.3, 0.4) is 0 Å². The second kappa shape index (κ2) is 3.16. The lowest BCUT2D eigenvalue weighted by atomic mass is 10.2. The normalized spacial score (nSPS) is 9.91. The molecule has 5 heteroatoms. The Morgan fingerprint density at radius 3 is 2.64 bits per heavy atom. The van der Waals surface area contributed by atoms with Crippen molar-refractivity contribution in [3.8, 4) is 0 Å². The Balaban J connectivity index is 2.90. The highest BCUT2D eigenvalue weighted by molar-refractivity contribution is 5.41. The summed E-state index contributed by atoms with van der Waals surface area (Å²) in [5, 5.41) is 0. The van der Waals surface area contributed by atoms with Crippen LogP contribution in [-0.2, 0) is 6.42 Å². The molecule has 11 heavy (non-hydrogen) atoms. The Morgan fingerprint density at radius 1 is 1.36 bits per heavy atom. The van der Waals surface area contributed by atoms with E-state index in [0.717, 1.165) is 5.56 Å². The maximum absolute atomic E-state index is 5.52. The molecule has 0 aliphatic rings. The van der Waals surface area contributed by atoms with Gasteiger partial charge in [0.1, 0.15) is 5.82 Å². The zero-order valence-electron chi connectivity index (χ0n) is 6.12. The standard InChI is InChI=1S/C6H11N5/c7-2-1-4-3-10-6(9)11-5(4)8/h3H,1-2,7H2,(H4,8,9,10,11). The average molecular weight is 153 g/mol. The third-order valence-electron chi connectivity index (χ3n) is 1.33. The summed E-state index contributed by atoms with van der Waals surface area (Å²) < 4.78 is 0. The molecule has 1 aromatic heterocycles. The number of hydrogen-bond donors (Lipinski definition) is 3. The second-order valence-electron chi connectivity index (χ2n) is 2.18. The third kappa shape index (κ3) is 1.78. The lowest BCUT2D eigenvalue weighted by Crippen LogP contribution is -2.08. The molecule has 6 N–H and O–H groups in total. The minimum Gasteiger partial charge on any atom is -0.383 e. The molecule has 1 aromatic rings. The summed E-state index contributed by atoms with van der Waals surface area (Å²) in [4.78, 5) is 7.57. The molecular formula is C6H11N5. The molecule has 0 aromatic carbocycles. The lowest BCUT2D eigenvalue weighted by Gasteiger charge is -2.01. The van der Waals surface area contributed by atoms with Gasteiger partial charge in [-0.2, -0.15) is 4.98 Å². The largest absolute Gasteiger partial charge is 0.383 e. The number of aromatic nitrogens is 2. The molecule has 60 valence electrons. The number of rotatable bonds is 2. The number of anilines is 2. The molecule has 0 bridgehead atoms. The topological polar surface area (TPSA) is 104 Å². The molecule has 1 rings (SSSR count). The molecule has 5 nitrogen and oxygen atoms in total. The van der Waals surface area contributed by atoms with Crippen LogP contribution >= 0.6 is 0 Å². The molecule has 0 amide bonds. The van der Waals surface area contributed by atoms with E-state index >= 15 is 0 Å². The van der Waals surface area contributed by atoms with E-state index in [-0.39, 0.29) is 5.95 Å². The van der Waals surface area contributed by atoms with Crippen LogP contribution in [0.25, 0.3) is 0 Å². The molecule has 0 aliphatic carbocycles. The summed E-state index contributed by atoms with van der Waals surface area (Å²) in [5.74, 6) is 0.617. The van der Waals surface area contributed by atoms with Gasteiger partial charge < -0.3 is 17.2 Å². The van der Waals surface area contributed by atoms with Crippen LogP contribution in [0.5, 0.6) is 0 Å². The predicted molar refractivity (Wildman–Crippen MR) is 43.6 cm³/mol. The lowest BCUT2D eigenvalue weighted by molar-refractivity contribution is 0.949. The molecule has 0 spiro atoms. The number of nitrogens with zero attached hydrogens (tertiary/aromatic N) is 2. The van der Waals surface area contributed by atoms with Crippen LogP contribution in [0.2, 0.25) is 0 Å². The molecule has 0 radical (unpaired) electrons. The van der Waals surface area contributed by atoms with Crippen molar-refractivity contribution >= 4 is 11.8 Å². The molecule has 1 heterocycles. The first kappa shape index (κ1) is 7.74. The van der Waals surface area contributed by atoms with Crippen LogP contribution in [0.1, 0.15) is 5.56 Å². The Bertz CT molecular complexity index is 247. The van der Waals surface area contributed by atoms with E-state index in [4.69, 9.17) is 17.2 Å². The van der Waals surface area contributed by atoms with Gasteiger partial charge in [-0.15, -0.1) is 0 Å². The van der Waals surface area contributed by atoms with Gasteiger partial charge in [-0.1, -0.05) is 0 Å². The fourth-order valence-electron chi connectivity index (χ4n) is 0.782. The fourth-order valence-corrected chi connectivity index (χ4v) is 0.782. The van der Waals surface area contributed by atoms with E-state index in [1.807, 2.05) is 0 Å². The summed E-state index contributed by atoms with van der Waals surface area (Å²) >= 11 is 0. The quantitative estimate of drug-likeness (QED) is 0.513. The number of hydrogen-bond acceptors (Lipinski definition) is 5. The van der Waals surface area contributed by atoms with Crippen molar-refractivity contribution in [1.82, 2.24) is 9.97 Å². The van der Waals surface area contributed by atoms with E-state index in [1.165, 1.54) is 0 Å². The highest BCUT2D eigenvalue weighted by Crippen LogP contribution is 2.07. The summed E-state index contributed by atoms with van der Waals surface area (Å²) in [5.41, 5.74) is 17.0. The van der Waals surface area contributed by atoms with E-state index in [2.05, 4.69) is 9.97 Å². The summed E-state index contributed by atoms with van der Waals surface area (Å²) in [7, 11) is 0. The molecule has 0 atom stereocenters. The molecule has 0 saturated heterocycles. The zero-order valence-corrected chi connectivity index (χ0v) is 6.12. The minimum absolute atomic E-state index is 0.197. The van der Waals surface area contributed by atoms with Crippen molar-refractivity contribution in [3.63, 3.8) is 0 Å². The van der Waals surface area contributed by atoms with Gasteiger partial charge in [0.25, 0.3) is 0 Å². The van der Waals surface area contributed by atoms with Gasteiger partial charge in [0, 0.05) is 11.8 Å². The van der Waals surface area contributed by atoms with Crippen molar-refractivity contribution < 1.29 is 0 Å². The van der Waals surface area contributed by atoms with Crippen molar-refractivity contribution in [1.29, 1.82) is 0 Å². The van der Waals surface area contributed by atoms with Crippen LogP contribution in [0.4, 0.5) is 11.8 Å². The SMILES string of the molecule is NCCc1cnc(N)nc1N. The molecule has 0 fully saturated rings. The van der Waals surface area contributed by atoms with Crippen molar-refractivity contribution in [3.05, 3.63) is 11.8 Å². The third-order valence-corrected chi connectivity index (χ3v) is 1.33. The van der Waals surface area contributed by atoms with Gasteiger partial charge in [-0.25, -0.2) is 4.98 Å². The Morgan fingerprint density at radius 2 is 2.09 bits per heavy atom. The maximum Gasteiger partial charge on any atom is 0.221 e.